The monoisotopic (exact) mass is 517 g/mol. The maximum Gasteiger partial charge on any atom is 0.298 e. The number of fused-ring (bicyclic) bond motifs is 1. The second kappa shape index (κ2) is 10.8. The molecule has 0 bridgehead atoms. The molecule has 9 nitrogen and oxygen atoms in total. The van der Waals surface area contributed by atoms with E-state index in [4.69, 9.17) is 9.47 Å². The van der Waals surface area contributed by atoms with E-state index in [1.54, 1.807) is 49.5 Å². The van der Waals surface area contributed by atoms with Crippen molar-refractivity contribution in [1.29, 1.82) is 0 Å². The highest BCUT2D eigenvalue weighted by Gasteiger charge is 2.32. The number of hydrogen-bond donors (Lipinski definition) is 2. The lowest BCUT2D eigenvalue weighted by Gasteiger charge is -2.39. The quantitative estimate of drug-likeness (QED) is 0.445. The number of anilines is 2. The number of rotatable bonds is 8. The third-order valence-corrected chi connectivity index (χ3v) is 6.60. The summed E-state index contributed by atoms with van der Waals surface area (Å²) < 4.78 is 28.1. The first kappa shape index (κ1) is 25.1. The van der Waals surface area contributed by atoms with Gasteiger partial charge in [-0.3, -0.25) is 14.6 Å². The van der Waals surface area contributed by atoms with Crippen LogP contribution in [0.25, 0.3) is 5.69 Å². The van der Waals surface area contributed by atoms with Crippen molar-refractivity contribution in [1.82, 2.24) is 19.8 Å². The average molecular weight is 518 g/mol. The molecule has 2 aliphatic heterocycles. The van der Waals surface area contributed by atoms with Crippen molar-refractivity contribution >= 4 is 23.2 Å². The van der Waals surface area contributed by atoms with Gasteiger partial charge in [0.2, 0.25) is 0 Å². The van der Waals surface area contributed by atoms with E-state index in [1.165, 1.54) is 6.07 Å². The highest BCUT2D eigenvalue weighted by Crippen LogP contribution is 2.37. The first-order chi connectivity index (χ1) is 18.5. The van der Waals surface area contributed by atoms with Crippen molar-refractivity contribution in [3.05, 3.63) is 59.9 Å². The third-order valence-electron chi connectivity index (χ3n) is 6.60. The van der Waals surface area contributed by atoms with E-state index in [9.17, 15) is 14.0 Å². The summed E-state index contributed by atoms with van der Waals surface area (Å²) in [5.41, 5.74) is 2.90. The third kappa shape index (κ3) is 4.75. The molecule has 5 rings (SSSR count). The summed E-state index contributed by atoms with van der Waals surface area (Å²) in [5.74, 6) is 4.91. The van der Waals surface area contributed by atoms with Gasteiger partial charge >= 0.3 is 0 Å². The van der Waals surface area contributed by atoms with Crippen LogP contribution in [0.15, 0.2) is 42.9 Å². The molecule has 0 spiro atoms. The number of aromatic nitrogens is 2. The molecule has 3 aromatic rings. The van der Waals surface area contributed by atoms with Crippen LogP contribution in [0.2, 0.25) is 0 Å². The molecule has 10 heteroatoms. The molecular weight excluding hydrogens is 489 g/mol. The number of halogens is 1. The van der Waals surface area contributed by atoms with Crippen LogP contribution in [-0.2, 0) is 11.2 Å². The molecule has 1 fully saturated rings. The van der Waals surface area contributed by atoms with E-state index in [0.717, 1.165) is 12.1 Å². The van der Waals surface area contributed by atoms with E-state index in [1.807, 2.05) is 10.6 Å². The zero-order valence-electron chi connectivity index (χ0n) is 21.2. The minimum atomic E-state index is -0.493. The molecule has 1 aromatic carbocycles. The van der Waals surface area contributed by atoms with Crippen LogP contribution in [0.1, 0.15) is 36.3 Å². The molecule has 1 atom stereocenters. The van der Waals surface area contributed by atoms with Crippen molar-refractivity contribution < 1.29 is 23.5 Å². The molecule has 2 aliphatic rings. The van der Waals surface area contributed by atoms with Gasteiger partial charge in [-0.25, -0.2) is 4.39 Å². The van der Waals surface area contributed by atoms with Gasteiger partial charge in [-0.15, -0.1) is 0 Å². The average Bonchev–Trinajstić information content (AvgIpc) is 3.25. The molecule has 2 aromatic heterocycles. The first-order valence-electron chi connectivity index (χ1n) is 12.5. The fraction of sp³-hybridized carbons (Fsp3) is 0.321. The van der Waals surface area contributed by atoms with Gasteiger partial charge in [0, 0.05) is 37.6 Å². The summed E-state index contributed by atoms with van der Waals surface area (Å²) in [5, 5.41) is 6.09. The lowest BCUT2D eigenvalue weighted by Crippen LogP contribution is -2.53. The van der Waals surface area contributed by atoms with Crippen molar-refractivity contribution in [3.63, 3.8) is 0 Å². The van der Waals surface area contributed by atoms with Crippen LogP contribution < -0.4 is 20.1 Å². The summed E-state index contributed by atoms with van der Waals surface area (Å²) in [7, 11) is 0. The highest BCUT2D eigenvalue weighted by molar-refractivity contribution is 6.03. The molecule has 0 aliphatic carbocycles. The van der Waals surface area contributed by atoms with Crippen molar-refractivity contribution in [3.8, 4) is 29.0 Å². The highest BCUT2D eigenvalue weighted by atomic mass is 19.1. The number of ether oxygens (including phenoxy) is 2. The largest absolute Gasteiger partial charge is 0.489 e. The second-order valence-electron chi connectivity index (χ2n) is 8.89. The number of benzene rings is 1. The van der Waals surface area contributed by atoms with Gasteiger partial charge in [-0.05, 0) is 44.4 Å². The summed E-state index contributed by atoms with van der Waals surface area (Å²) in [6.07, 6.45) is 6.49. The number of para-hydroxylation sites is 1. The summed E-state index contributed by atoms with van der Waals surface area (Å²) >= 11 is 0. The Kier molecular flexibility index (Phi) is 7.18. The van der Waals surface area contributed by atoms with Gasteiger partial charge in [0.1, 0.15) is 6.61 Å². The van der Waals surface area contributed by atoms with Crippen LogP contribution in [-0.4, -0.2) is 58.6 Å². The van der Waals surface area contributed by atoms with Gasteiger partial charge in [0.15, 0.2) is 17.3 Å². The van der Waals surface area contributed by atoms with Gasteiger partial charge < -0.3 is 29.6 Å². The van der Waals surface area contributed by atoms with Crippen LogP contribution >= 0.6 is 0 Å². The van der Waals surface area contributed by atoms with Gasteiger partial charge in [0.05, 0.1) is 41.5 Å². The lowest BCUT2D eigenvalue weighted by molar-refractivity contribution is -0.133. The van der Waals surface area contributed by atoms with Crippen LogP contribution in [0.5, 0.6) is 11.5 Å². The first-order valence-corrected chi connectivity index (χ1v) is 12.5. The molecule has 2 amide bonds. The molecule has 2 N–H and O–H groups in total. The van der Waals surface area contributed by atoms with E-state index < -0.39 is 5.82 Å². The Balaban J connectivity index is 1.47. The molecule has 0 saturated carbocycles. The number of nitrogens with one attached hydrogen (secondary N) is 2. The maximum absolute atomic E-state index is 14.5. The SMILES string of the molecule is CC#CC(=O)N1CC[C@@H]1COc1cnccc1-n1cc(Nc2cccc(F)c2OCC)c2c1CCNC2=O. The summed E-state index contributed by atoms with van der Waals surface area (Å²) in [6, 6.07) is 6.36. The number of pyridine rings is 1. The predicted molar refractivity (Wildman–Crippen MR) is 140 cm³/mol. The van der Waals surface area contributed by atoms with Crippen LogP contribution in [0.4, 0.5) is 15.8 Å². The zero-order valence-corrected chi connectivity index (χ0v) is 21.2. The number of nitrogens with zero attached hydrogens (tertiary/aromatic N) is 3. The lowest BCUT2D eigenvalue weighted by atomic mass is 10.0. The number of likely N-dealkylation sites (tertiary alicyclic amines) is 1. The van der Waals surface area contributed by atoms with E-state index in [2.05, 4.69) is 27.5 Å². The molecular formula is C28H28FN5O4. The van der Waals surface area contributed by atoms with E-state index in [0.29, 0.717) is 61.1 Å². The molecule has 0 radical (unpaired) electrons. The number of carbonyl (C=O) groups excluding carboxylic acids is 2. The Hall–Kier alpha value is -4.52. The molecule has 196 valence electrons. The molecule has 1 saturated heterocycles. The fourth-order valence-corrected chi connectivity index (χ4v) is 4.71. The summed E-state index contributed by atoms with van der Waals surface area (Å²) in [4.78, 5) is 31.1. The molecule has 38 heavy (non-hydrogen) atoms. The van der Waals surface area contributed by atoms with Gasteiger partial charge in [0.25, 0.3) is 11.8 Å². The number of amides is 2. The number of hydrogen-bond acceptors (Lipinski definition) is 6. The van der Waals surface area contributed by atoms with Crippen LogP contribution in [0, 0.1) is 17.7 Å². The van der Waals surface area contributed by atoms with Crippen LogP contribution in [0.3, 0.4) is 0 Å². The minimum absolute atomic E-state index is 0.0667. The predicted octanol–water partition coefficient (Wildman–Crippen LogP) is 3.44. The van der Waals surface area contributed by atoms with E-state index in [-0.39, 0.29) is 23.6 Å². The van der Waals surface area contributed by atoms with Gasteiger partial charge in [-0.1, -0.05) is 12.0 Å². The topological polar surface area (TPSA) is 97.7 Å². The minimum Gasteiger partial charge on any atom is -0.489 e. The smallest absolute Gasteiger partial charge is 0.298 e. The normalized spacial score (nSPS) is 15.9. The maximum atomic E-state index is 14.5. The standard InChI is InChI=1S/C28H28FN5O4/c1-3-6-25(35)33-14-11-18(33)17-38-24-15-30-12-9-22(24)34-16-21(26-23(34)10-13-31-28(26)36)32-20-8-5-7-19(29)27(20)37-4-2/h5,7-9,12,15-16,18,32H,4,10-11,13-14,17H2,1-2H3,(H,31,36)/t18-/m1/s1. The zero-order chi connectivity index (χ0) is 26.6. The summed E-state index contributed by atoms with van der Waals surface area (Å²) in [6.45, 7) is 5.15. The number of carbonyl (C=O) groups is 2. The van der Waals surface area contributed by atoms with Crippen molar-refractivity contribution in [2.75, 3.05) is 31.6 Å². The Morgan fingerprint density at radius 1 is 1.29 bits per heavy atom. The van der Waals surface area contributed by atoms with E-state index >= 15 is 0 Å². The Morgan fingerprint density at radius 2 is 2.16 bits per heavy atom. The fourth-order valence-electron chi connectivity index (χ4n) is 4.71. The molecule has 0 unspecified atom stereocenters. The Bertz CT molecular complexity index is 1440. The van der Waals surface area contributed by atoms with Crippen molar-refractivity contribution in [2.45, 2.75) is 32.7 Å². The van der Waals surface area contributed by atoms with Gasteiger partial charge in [-0.2, -0.15) is 0 Å². The van der Waals surface area contributed by atoms with Crippen molar-refractivity contribution in [2.24, 2.45) is 0 Å². The molecule has 4 heterocycles. The Morgan fingerprint density at radius 3 is 2.92 bits per heavy atom. The Labute approximate surface area is 219 Å². The second-order valence-corrected chi connectivity index (χ2v) is 8.89.